The zero-order chi connectivity index (χ0) is 8.97. The van der Waals surface area contributed by atoms with Gasteiger partial charge in [-0.2, -0.15) is 0 Å². The average Bonchev–Trinajstić information content (AvgIpc) is 2.05. The first kappa shape index (κ1) is 9.13. The molecule has 0 radical (unpaired) electrons. The molecule has 1 rings (SSSR count). The summed E-state index contributed by atoms with van der Waals surface area (Å²) >= 11 is 1.66. The lowest BCUT2D eigenvalue weighted by molar-refractivity contribution is 0.322. The van der Waals surface area contributed by atoms with E-state index in [4.69, 9.17) is 5.21 Å². The Bertz CT molecular complexity index is 297. The largest absolute Gasteiger partial charge is 0.411 e. The standard InChI is InChI=1S/C9H11NOS/c1-7-4-3-5-8(6-10-11)9(7)12-2/h3-6,11H,1-2H3. The van der Waals surface area contributed by atoms with E-state index < -0.39 is 0 Å². The lowest BCUT2D eigenvalue weighted by Gasteiger charge is -2.04. The highest BCUT2D eigenvalue weighted by molar-refractivity contribution is 7.98. The molecule has 0 saturated heterocycles. The predicted octanol–water partition coefficient (Wildman–Crippen LogP) is 2.53. The van der Waals surface area contributed by atoms with Crippen LogP contribution in [-0.4, -0.2) is 17.7 Å². The Hall–Kier alpha value is -0.960. The fourth-order valence-electron chi connectivity index (χ4n) is 1.12. The van der Waals surface area contributed by atoms with Crippen molar-refractivity contribution in [3.05, 3.63) is 29.3 Å². The summed E-state index contributed by atoms with van der Waals surface area (Å²) in [4.78, 5) is 1.16. The monoisotopic (exact) mass is 181 g/mol. The molecular formula is C9H11NOS. The molecule has 0 fully saturated rings. The van der Waals surface area contributed by atoms with Crippen LogP contribution < -0.4 is 0 Å². The minimum atomic E-state index is 0.963. The van der Waals surface area contributed by atoms with Gasteiger partial charge in [0.2, 0.25) is 0 Å². The molecule has 0 spiro atoms. The molecule has 0 bridgehead atoms. The number of aryl methyl sites for hydroxylation is 1. The smallest absolute Gasteiger partial charge is 0.0745 e. The van der Waals surface area contributed by atoms with E-state index in [9.17, 15) is 0 Å². The lowest BCUT2D eigenvalue weighted by atomic mass is 10.1. The van der Waals surface area contributed by atoms with Crippen molar-refractivity contribution in [3.63, 3.8) is 0 Å². The number of hydrogen-bond donors (Lipinski definition) is 1. The lowest BCUT2D eigenvalue weighted by Crippen LogP contribution is -1.88. The highest BCUT2D eigenvalue weighted by atomic mass is 32.2. The average molecular weight is 181 g/mol. The van der Waals surface area contributed by atoms with E-state index in [1.165, 1.54) is 11.8 Å². The predicted molar refractivity (Wildman–Crippen MR) is 52.3 cm³/mol. The summed E-state index contributed by atoms with van der Waals surface area (Å²) in [6, 6.07) is 5.92. The maximum Gasteiger partial charge on any atom is 0.0745 e. The van der Waals surface area contributed by atoms with Gasteiger partial charge in [0, 0.05) is 10.5 Å². The first-order valence-corrected chi connectivity index (χ1v) is 4.83. The van der Waals surface area contributed by atoms with E-state index >= 15 is 0 Å². The molecule has 0 aliphatic carbocycles. The van der Waals surface area contributed by atoms with E-state index in [1.54, 1.807) is 11.8 Å². The maximum atomic E-state index is 8.39. The summed E-state index contributed by atoms with van der Waals surface area (Å²) in [5, 5.41) is 11.4. The second-order valence-corrected chi connectivity index (χ2v) is 3.26. The number of nitrogens with zero attached hydrogens (tertiary/aromatic N) is 1. The van der Waals surface area contributed by atoms with E-state index in [1.807, 2.05) is 31.4 Å². The first-order valence-electron chi connectivity index (χ1n) is 3.60. The van der Waals surface area contributed by atoms with Crippen LogP contribution in [0.15, 0.2) is 28.3 Å². The van der Waals surface area contributed by atoms with Crippen LogP contribution in [0.25, 0.3) is 0 Å². The van der Waals surface area contributed by atoms with Crippen molar-refractivity contribution in [1.29, 1.82) is 0 Å². The van der Waals surface area contributed by atoms with Gasteiger partial charge in [-0.15, -0.1) is 11.8 Å². The highest BCUT2D eigenvalue weighted by Gasteiger charge is 2.00. The molecule has 64 valence electrons. The van der Waals surface area contributed by atoms with Crippen LogP contribution in [0.5, 0.6) is 0 Å². The van der Waals surface area contributed by atoms with Crippen LogP contribution >= 0.6 is 11.8 Å². The minimum Gasteiger partial charge on any atom is -0.411 e. The molecule has 0 heterocycles. The second-order valence-electron chi connectivity index (χ2n) is 2.44. The first-order chi connectivity index (χ1) is 5.79. The summed E-state index contributed by atoms with van der Waals surface area (Å²) in [5.41, 5.74) is 2.17. The Morgan fingerprint density at radius 2 is 2.25 bits per heavy atom. The molecule has 0 unspecified atom stereocenters. The van der Waals surface area contributed by atoms with Crippen LogP contribution in [0.2, 0.25) is 0 Å². The molecule has 2 nitrogen and oxygen atoms in total. The molecule has 1 aromatic rings. The third kappa shape index (κ3) is 1.80. The minimum absolute atomic E-state index is 0.963. The van der Waals surface area contributed by atoms with Crippen LogP contribution in [0.4, 0.5) is 0 Å². The Labute approximate surface area is 76.3 Å². The number of rotatable bonds is 2. The molecule has 0 aliphatic heterocycles. The van der Waals surface area contributed by atoms with Gasteiger partial charge in [0.25, 0.3) is 0 Å². The van der Waals surface area contributed by atoms with Crippen molar-refractivity contribution in [3.8, 4) is 0 Å². The molecule has 0 aliphatic rings. The molecule has 0 atom stereocenters. The van der Waals surface area contributed by atoms with Gasteiger partial charge in [0.05, 0.1) is 6.21 Å². The van der Waals surface area contributed by atoms with Crippen LogP contribution in [0.1, 0.15) is 11.1 Å². The van der Waals surface area contributed by atoms with E-state index in [0.717, 1.165) is 10.5 Å². The van der Waals surface area contributed by atoms with Crippen LogP contribution in [-0.2, 0) is 0 Å². The summed E-state index contributed by atoms with van der Waals surface area (Å²) in [6.45, 7) is 2.04. The van der Waals surface area contributed by atoms with Gasteiger partial charge in [-0.25, -0.2) is 0 Å². The van der Waals surface area contributed by atoms with Gasteiger partial charge in [0.15, 0.2) is 0 Å². The Morgan fingerprint density at radius 1 is 1.50 bits per heavy atom. The Balaban J connectivity index is 3.18. The summed E-state index contributed by atoms with van der Waals surface area (Å²) in [7, 11) is 0. The second kappa shape index (κ2) is 4.16. The Kier molecular flexibility index (Phi) is 3.17. The van der Waals surface area contributed by atoms with Crippen molar-refractivity contribution in [2.45, 2.75) is 11.8 Å². The molecule has 1 aromatic carbocycles. The van der Waals surface area contributed by atoms with Gasteiger partial charge in [0.1, 0.15) is 0 Å². The van der Waals surface area contributed by atoms with Gasteiger partial charge in [-0.1, -0.05) is 23.4 Å². The van der Waals surface area contributed by atoms with Crippen LogP contribution in [0, 0.1) is 6.92 Å². The third-order valence-corrected chi connectivity index (χ3v) is 2.61. The SMILES string of the molecule is CSc1c(C)cccc1C=NO. The molecule has 0 saturated carbocycles. The fourth-order valence-corrected chi connectivity index (χ4v) is 1.86. The summed E-state index contributed by atoms with van der Waals surface area (Å²) < 4.78 is 0. The number of benzene rings is 1. The number of hydrogen-bond acceptors (Lipinski definition) is 3. The highest BCUT2D eigenvalue weighted by Crippen LogP contribution is 2.22. The van der Waals surface area contributed by atoms with Gasteiger partial charge in [-0.05, 0) is 18.7 Å². The van der Waals surface area contributed by atoms with Crippen molar-refractivity contribution >= 4 is 18.0 Å². The van der Waals surface area contributed by atoms with Gasteiger partial charge in [-0.3, -0.25) is 0 Å². The summed E-state index contributed by atoms with van der Waals surface area (Å²) in [5.74, 6) is 0. The van der Waals surface area contributed by atoms with Crippen molar-refractivity contribution in [2.24, 2.45) is 5.16 Å². The number of thioether (sulfide) groups is 1. The van der Waals surface area contributed by atoms with Gasteiger partial charge < -0.3 is 5.21 Å². The van der Waals surface area contributed by atoms with E-state index in [0.29, 0.717) is 0 Å². The Morgan fingerprint density at radius 3 is 2.83 bits per heavy atom. The quantitative estimate of drug-likeness (QED) is 0.329. The topological polar surface area (TPSA) is 32.6 Å². The molecule has 3 heteroatoms. The molecule has 0 amide bonds. The zero-order valence-corrected chi connectivity index (χ0v) is 7.93. The van der Waals surface area contributed by atoms with Crippen molar-refractivity contribution in [1.82, 2.24) is 0 Å². The normalized spacial score (nSPS) is 10.8. The van der Waals surface area contributed by atoms with E-state index in [-0.39, 0.29) is 0 Å². The fraction of sp³-hybridized carbons (Fsp3) is 0.222. The molecule has 0 aromatic heterocycles. The number of oxime groups is 1. The third-order valence-electron chi connectivity index (χ3n) is 1.64. The molecular weight excluding hydrogens is 170 g/mol. The molecule has 12 heavy (non-hydrogen) atoms. The van der Waals surface area contributed by atoms with Crippen molar-refractivity contribution in [2.75, 3.05) is 6.26 Å². The zero-order valence-electron chi connectivity index (χ0n) is 7.11. The molecule has 1 N–H and O–H groups in total. The van der Waals surface area contributed by atoms with E-state index in [2.05, 4.69) is 5.16 Å². The van der Waals surface area contributed by atoms with Gasteiger partial charge >= 0.3 is 0 Å². The van der Waals surface area contributed by atoms with Crippen molar-refractivity contribution < 1.29 is 5.21 Å². The summed E-state index contributed by atoms with van der Waals surface area (Å²) in [6.07, 6.45) is 3.47. The van der Waals surface area contributed by atoms with Crippen LogP contribution in [0.3, 0.4) is 0 Å². The maximum absolute atomic E-state index is 8.39.